The Kier molecular flexibility index (Phi) is 2.18. The quantitative estimate of drug-likeness (QED) is 0.661. The summed E-state index contributed by atoms with van der Waals surface area (Å²) < 4.78 is 0. The van der Waals surface area contributed by atoms with Crippen molar-refractivity contribution in [1.29, 1.82) is 0 Å². The van der Waals surface area contributed by atoms with Crippen LogP contribution in [0.5, 0.6) is 0 Å². The van der Waals surface area contributed by atoms with Crippen LogP contribution >= 0.6 is 0 Å². The Labute approximate surface area is 82.1 Å². The molecule has 0 heterocycles. The monoisotopic (exact) mass is 181 g/mol. The zero-order valence-electron chi connectivity index (χ0n) is 9.10. The first-order valence-electron chi connectivity index (χ1n) is 5.82. The summed E-state index contributed by atoms with van der Waals surface area (Å²) >= 11 is 0. The second-order valence-electron chi connectivity index (χ2n) is 5.66. The third-order valence-electron chi connectivity index (χ3n) is 5.27. The topological polar surface area (TPSA) is 26.0 Å². The Hall–Kier alpha value is -0.0400. The summed E-state index contributed by atoms with van der Waals surface area (Å²) in [5.41, 5.74) is 6.97. The van der Waals surface area contributed by atoms with Crippen molar-refractivity contribution >= 4 is 0 Å². The second-order valence-corrected chi connectivity index (χ2v) is 5.66. The predicted molar refractivity (Wildman–Crippen MR) is 56.5 cm³/mol. The number of hydrogen-bond acceptors (Lipinski definition) is 1. The average molecular weight is 181 g/mol. The molecular weight excluding hydrogens is 158 g/mol. The van der Waals surface area contributed by atoms with Gasteiger partial charge in [-0.1, -0.05) is 26.7 Å². The molecule has 0 aromatic carbocycles. The van der Waals surface area contributed by atoms with E-state index < -0.39 is 0 Å². The first-order valence-corrected chi connectivity index (χ1v) is 5.82. The molecule has 2 rings (SSSR count). The molecule has 0 aromatic heterocycles. The Morgan fingerprint density at radius 3 is 2.62 bits per heavy atom. The molecule has 1 heteroatoms. The van der Waals surface area contributed by atoms with Crippen LogP contribution in [-0.2, 0) is 0 Å². The standard InChI is InChI=1S/C12H23N/c1-11(9-13)8-6-10-5-3-4-7-12(10,11)2/h10H,3-9,13H2,1-2H3. The zero-order chi connectivity index (χ0) is 9.53. The van der Waals surface area contributed by atoms with Gasteiger partial charge < -0.3 is 5.73 Å². The van der Waals surface area contributed by atoms with Gasteiger partial charge in [-0.05, 0) is 49.0 Å². The highest BCUT2D eigenvalue weighted by atomic mass is 14.7. The molecule has 3 atom stereocenters. The fourth-order valence-electron chi connectivity index (χ4n) is 3.78. The van der Waals surface area contributed by atoms with Crippen LogP contribution < -0.4 is 5.73 Å². The molecule has 0 aliphatic heterocycles. The fraction of sp³-hybridized carbons (Fsp3) is 1.00. The van der Waals surface area contributed by atoms with E-state index in [0.29, 0.717) is 10.8 Å². The van der Waals surface area contributed by atoms with Crippen molar-refractivity contribution in [3.63, 3.8) is 0 Å². The van der Waals surface area contributed by atoms with Crippen LogP contribution in [0.4, 0.5) is 0 Å². The maximum absolute atomic E-state index is 5.96. The maximum atomic E-state index is 5.96. The summed E-state index contributed by atoms with van der Waals surface area (Å²) in [6.07, 6.45) is 8.58. The van der Waals surface area contributed by atoms with Crippen molar-refractivity contribution in [3.8, 4) is 0 Å². The van der Waals surface area contributed by atoms with Gasteiger partial charge in [0.1, 0.15) is 0 Å². The predicted octanol–water partition coefficient (Wildman–Crippen LogP) is 2.94. The maximum Gasteiger partial charge on any atom is -0.00179 e. The molecule has 0 radical (unpaired) electrons. The van der Waals surface area contributed by atoms with Crippen molar-refractivity contribution in [2.24, 2.45) is 22.5 Å². The van der Waals surface area contributed by atoms with Gasteiger partial charge in [0, 0.05) is 0 Å². The minimum Gasteiger partial charge on any atom is -0.330 e. The van der Waals surface area contributed by atoms with Gasteiger partial charge in [0.2, 0.25) is 0 Å². The van der Waals surface area contributed by atoms with Crippen LogP contribution in [0.1, 0.15) is 52.4 Å². The van der Waals surface area contributed by atoms with Gasteiger partial charge in [-0.3, -0.25) is 0 Å². The van der Waals surface area contributed by atoms with Crippen molar-refractivity contribution in [2.75, 3.05) is 6.54 Å². The van der Waals surface area contributed by atoms with Gasteiger partial charge in [-0.2, -0.15) is 0 Å². The molecule has 0 aromatic rings. The minimum atomic E-state index is 0.443. The van der Waals surface area contributed by atoms with Gasteiger partial charge in [-0.25, -0.2) is 0 Å². The highest BCUT2D eigenvalue weighted by Crippen LogP contribution is 2.61. The first kappa shape index (κ1) is 9.51. The summed E-state index contributed by atoms with van der Waals surface area (Å²) in [7, 11) is 0. The second kappa shape index (κ2) is 2.98. The van der Waals surface area contributed by atoms with Gasteiger partial charge in [0.15, 0.2) is 0 Å². The Balaban J connectivity index is 2.25. The summed E-state index contributed by atoms with van der Waals surface area (Å²) in [6.45, 7) is 5.80. The molecule has 0 bridgehead atoms. The molecule has 13 heavy (non-hydrogen) atoms. The lowest BCUT2D eigenvalue weighted by molar-refractivity contribution is 0.0358. The fourth-order valence-corrected chi connectivity index (χ4v) is 3.78. The van der Waals surface area contributed by atoms with Crippen LogP contribution in [0.15, 0.2) is 0 Å². The minimum absolute atomic E-state index is 0.443. The highest BCUT2D eigenvalue weighted by molar-refractivity contribution is 5.04. The molecule has 2 aliphatic rings. The van der Waals surface area contributed by atoms with Gasteiger partial charge >= 0.3 is 0 Å². The van der Waals surface area contributed by atoms with Crippen LogP contribution in [-0.4, -0.2) is 6.54 Å². The molecular formula is C12H23N. The van der Waals surface area contributed by atoms with Crippen molar-refractivity contribution < 1.29 is 0 Å². The SMILES string of the molecule is CC1(CN)CCC2CCCCC21C. The molecule has 3 unspecified atom stereocenters. The number of fused-ring (bicyclic) bond motifs is 1. The van der Waals surface area contributed by atoms with Gasteiger partial charge in [0.05, 0.1) is 0 Å². The summed E-state index contributed by atoms with van der Waals surface area (Å²) in [5, 5.41) is 0. The van der Waals surface area contributed by atoms with Gasteiger partial charge in [0.25, 0.3) is 0 Å². The summed E-state index contributed by atoms with van der Waals surface area (Å²) in [6, 6.07) is 0. The lowest BCUT2D eigenvalue weighted by Crippen LogP contribution is -2.43. The van der Waals surface area contributed by atoms with Crippen molar-refractivity contribution in [1.82, 2.24) is 0 Å². The molecule has 2 aliphatic carbocycles. The highest BCUT2D eigenvalue weighted by Gasteiger charge is 2.53. The van der Waals surface area contributed by atoms with Crippen molar-refractivity contribution in [3.05, 3.63) is 0 Å². The van der Waals surface area contributed by atoms with E-state index in [4.69, 9.17) is 5.73 Å². The molecule has 2 saturated carbocycles. The molecule has 76 valence electrons. The van der Waals surface area contributed by atoms with E-state index in [2.05, 4.69) is 13.8 Å². The lowest BCUT2D eigenvalue weighted by atomic mass is 9.59. The number of hydrogen-bond donors (Lipinski definition) is 1. The molecule has 2 fully saturated rings. The Morgan fingerprint density at radius 2 is 1.92 bits per heavy atom. The molecule has 2 N–H and O–H groups in total. The average Bonchev–Trinajstić information content (AvgIpc) is 2.41. The smallest absolute Gasteiger partial charge is 0.00179 e. The van der Waals surface area contributed by atoms with E-state index in [0.717, 1.165) is 12.5 Å². The van der Waals surface area contributed by atoms with Gasteiger partial charge in [-0.15, -0.1) is 0 Å². The zero-order valence-corrected chi connectivity index (χ0v) is 9.10. The van der Waals surface area contributed by atoms with Crippen LogP contribution in [0.3, 0.4) is 0 Å². The van der Waals surface area contributed by atoms with Crippen LogP contribution in [0.25, 0.3) is 0 Å². The largest absolute Gasteiger partial charge is 0.330 e. The Morgan fingerprint density at radius 1 is 1.15 bits per heavy atom. The normalized spacial score (nSPS) is 50.5. The van der Waals surface area contributed by atoms with E-state index in [1.807, 2.05) is 0 Å². The third kappa shape index (κ3) is 1.16. The lowest BCUT2D eigenvalue weighted by Gasteiger charge is -2.47. The number of nitrogens with two attached hydrogens (primary N) is 1. The molecule has 0 saturated heterocycles. The van der Waals surface area contributed by atoms with E-state index in [9.17, 15) is 0 Å². The molecule has 0 spiro atoms. The molecule has 1 nitrogen and oxygen atoms in total. The number of rotatable bonds is 1. The molecule has 0 amide bonds. The van der Waals surface area contributed by atoms with Crippen LogP contribution in [0, 0.1) is 16.7 Å². The van der Waals surface area contributed by atoms with Crippen LogP contribution in [0.2, 0.25) is 0 Å². The van der Waals surface area contributed by atoms with E-state index >= 15 is 0 Å². The summed E-state index contributed by atoms with van der Waals surface area (Å²) in [5.74, 6) is 0.981. The van der Waals surface area contributed by atoms with E-state index in [1.54, 1.807) is 0 Å². The Bertz CT molecular complexity index is 201. The first-order chi connectivity index (χ1) is 6.12. The third-order valence-corrected chi connectivity index (χ3v) is 5.27. The van der Waals surface area contributed by atoms with E-state index in [-0.39, 0.29) is 0 Å². The summed E-state index contributed by atoms with van der Waals surface area (Å²) in [4.78, 5) is 0. The van der Waals surface area contributed by atoms with E-state index in [1.165, 1.54) is 38.5 Å². The van der Waals surface area contributed by atoms with Crippen molar-refractivity contribution in [2.45, 2.75) is 52.4 Å².